The topological polar surface area (TPSA) is 59.0 Å². The molecule has 0 aliphatic carbocycles. The quantitative estimate of drug-likeness (QED) is 0.876. The van der Waals surface area contributed by atoms with Crippen molar-refractivity contribution in [3.8, 4) is 0 Å². The van der Waals surface area contributed by atoms with Gasteiger partial charge in [0.25, 0.3) is 5.91 Å². The minimum absolute atomic E-state index is 0.183. The smallest absolute Gasteiger partial charge is 0.276 e. The normalized spacial score (nSPS) is 10.8. The number of aryl methyl sites for hydroxylation is 1. The van der Waals surface area contributed by atoms with Crippen LogP contribution in [-0.2, 0) is 6.54 Å². The second kappa shape index (κ2) is 6.83. The Bertz CT molecular complexity index is 679. The van der Waals surface area contributed by atoms with Crippen molar-refractivity contribution in [3.05, 3.63) is 40.5 Å². The highest BCUT2D eigenvalue weighted by molar-refractivity contribution is 6.30. The molecular weight excluding hydrogens is 300 g/mol. The highest BCUT2D eigenvalue weighted by Gasteiger charge is 2.24. The number of rotatable bonds is 5. The number of carbonyl (C=O) groups excluding carboxylic acids is 1. The average Bonchev–Trinajstić information content (AvgIpc) is 2.86. The Labute approximate surface area is 135 Å². The standard InChI is InChI=1S/C16H21ClN4O/c1-5-21-15(18-4)13(10(2)3)14(20-21)16(22)19-12-8-6-7-11(17)9-12/h6-10,18H,5H2,1-4H3,(H,19,22). The first-order chi connectivity index (χ1) is 10.5. The fourth-order valence-electron chi connectivity index (χ4n) is 2.44. The summed E-state index contributed by atoms with van der Waals surface area (Å²) in [6.07, 6.45) is 0. The molecule has 0 aliphatic heterocycles. The number of hydrogen-bond donors (Lipinski definition) is 2. The Morgan fingerprint density at radius 3 is 2.68 bits per heavy atom. The zero-order valence-electron chi connectivity index (χ0n) is 13.3. The van der Waals surface area contributed by atoms with Crippen molar-refractivity contribution < 1.29 is 4.79 Å². The second-order valence-corrected chi connectivity index (χ2v) is 5.73. The number of nitrogens with zero attached hydrogens (tertiary/aromatic N) is 2. The minimum Gasteiger partial charge on any atom is -0.373 e. The number of carbonyl (C=O) groups is 1. The van der Waals surface area contributed by atoms with Gasteiger partial charge in [0.05, 0.1) is 0 Å². The summed E-state index contributed by atoms with van der Waals surface area (Å²) in [5.74, 6) is 0.839. The van der Waals surface area contributed by atoms with Gasteiger partial charge in [0, 0.05) is 29.9 Å². The zero-order valence-corrected chi connectivity index (χ0v) is 14.0. The summed E-state index contributed by atoms with van der Waals surface area (Å²) in [6.45, 7) is 6.79. The Hall–Kier alpha value is -2.01. The van der Waals surface area contributed by atoms with E-state index in [0.29, 0.717) is 22.9 Å². The van der Waals surface area contributed by atoms with Crippen molar-refractivity contribution in [3.63, 3.8) is 0 Å². The van der Waals surface area contributed by atoms with Crippen LogP contribution in [0.3, 0.4) is 0 Å². The lowest BCUT2D eigenvalue weighted by Gasteiger charge is -2.10. The van der Waals surface area contributed by atoms with E-state index in [1.54, 1.807) is 24.3 Å². The van der Waals surface area contributed by atoms with Gasteiger partial charge in [0.2, 0.25) is 0 Å². The number of aromatic nitrogens is 2. The Kier molecular flexibility index (Phi) is 5.08. The van der Waals surface area contributed by atoms with Gasteiger partial charge in [-0.25, -0.2) is 4.68 Å². The number of hydrogen-bond acceptors (Lipinski definition) is 3. The summed E-state index contributed by atoms with van der Waals surface area (Å²) < 4.78 is 1.81. The van der Waals surface area contributed by atoms with E-state index in [0.717, 1.165) is 11.4 Å². The number of amides is 1. The molecule has 0 bridgehead atoms. The van der Waals surface area contributed by atoms with Gasteiger partial charge in [-0.05, 0) is 31.0 Å². The van der Waals surface area contributed by atoms with E-state index in [-0.39, 0.29) is 11.8 Å². The highest BCUT2D eigenvalue weighted by atomic mass is 35.5. The molecule has 1 aromatic carbocycles. The Morgan fingerprint density at radius 1 is 1.41 bits per heavy atom. The van der Waals surface area contributed by atoms with Crippen LogP contribution >= 0.6 is 11.6 Å². The van der Waals surface area contributed by atoms with Crippen LogP contribution in [-0.4, -0.2) is 22.7 Å². The third-order valence-electron chi connectivity index (χ3n) is 3.40. The SMILES string of the molecule is CCn1nc(C(=O)Nc2cccc(Cl)c2)c(C(C)C)c1NC. The summed E-state index contributed by atoms with van der Waals surface area (Å²) in [4.78, 5) is 12.6. The largest absolute Gasteiger partial charge is 0.373 e. The molecular formula is C16H21ClN4O. The van der Waals surface area contributed by atoms with Crippen LogP contribution in [0.1, 0.15) is 42.7 Å². The monoisotopic (exact) mass is 320 g/mol. The summed E-state index contributed by atoms with van der Waals surface area (Å²) in [5.41, 5.74) is 2.02. The van der Waals surface area contributed by atoms with E-state index in [9.17, 15) is 4.79 Å². The Balaban J connectivity index is 2.38. The van der Waals surface area contributed by atoms with Crippen LogP contribution in [0.2, 0.25) is 5.02 Å². The number of anilines is 2. The summed E-state index contributed by atoms with van der Waals surface area (Å²) >= 11 is 5.95. The van der Waals surface area contributed by atoms with Crippen LogP contribution in [0.5, 0.6) is 0 Å². The predicted octanol–water partition coefficient (Wildman–Crippen LogP) is 3.97. The van der Waals surface area contributed by atoms with Gasteiger partial charge >= 0.3 is 0 Å². The van der Waals surface area contributed by atoms with E-state index < -0.39 is 0 Å². The van der Waals surface area contributed by atoms with Crippen molar-refractivity contribution in [2.45, 2.75) is 33.2 Å². The molecule has 5 nitrogen and oxygen atoms in total. The van der Waals surface area contributed by atoms with Gasteiger partial charge in [0.1, 0.15) is 5.82 Å². The van der Waals surface area contributed by atoms with Crippen LogP contribution in [0.4, 0.5) is 11.5 Å². The molecule has 118 valence electrons. The molecule has 0 fully saturated rings. The first-order valence-electron chi connectivity index (χ1n) is 7.33. The van der Waals surface area contributed by atoms with Crippen molar-refractivity contribution in [2.24, 2.45) is 0 Å². The molecule has 2 N–H and O–H groups in total. The molecule has 2 rings (SSSR count). The van der Waals surface area contributed by atoms with Gasteiger partial charge in [-0.1, -0.05) is 31.5 Å². The lowest BCUT2D eigenvalue weighted by molar-refractivity contribution is 0.102. The first kappa shape index (κ1) is 16.4. The summed E-state index contributed by atoms with van der Waals surface area (Å²) in [6, 6.07) is 7.07. The van der Waals surface area contributed by atoms with Crippen LogP contribution in [0.15, 0.2) is 24.3 Å². The lowest BCUT2D eigenvalue weighted by atomic mass is 10.0. The predicted molar refractivity (Wildman–Crippen MR) is 90.9 cm³/mol. The fraction of sp³-hybridized carbons (Fsp3) is 0.375. The fourth-order valence-corrected chi connectivity index (χ4v) is 2.63. The maximum absolute atomic E-state index is 12.6. The molecule has 6 heteroatoms. The van der Waals surface area contributed by atoms with Crippen LogP contribution in [0, 0.1) is 0 Å². The highest BCUT2D eigenvalue weighted by Crippen LogP contribution is 2.28. The van der Waals surface area contributed by atoms with Gasteiger partial charge in [-0.3, -0.25) is 4.79 Å². The van der Waals surface area contributed by atoms with Gasteiger partial charge in [-0.2, -0.15) is 5.10 Å². The molecule has 0 spiro atoms. The van der Waals surface area contributed by atoms with Gasteiger partial charge < -0.3 is 10.6 Å². The lowest BCUT2D eigenvalue weighted by Crippen LogP contribution is -2.15. The van der Waals surface area contributed by atoms with Gasteiger partial charge in [0.15, 0.2) is 5.69 Å². The van der Waals surface area contributed by atoms with Gasteiger partial charge in [-0.15, -0.1) is 0 Å². The van der Waals surface area contributed by atoms with Crippen molar-refractivity contribution in [1.29, 1.82) is 0 Å². The van der Waals surface area contributed by atoms with E-state index in [1.165, 1.54) is 0 Å². The van der Waals surface area contributed by atoms with Crippen molar-refractivity contribution in [2.75, 3.05) is 17.7 Å². The number of nitrogens with one attached hydrogen (secondary N) is 2. The summed E-state index contributed by atoms with van der Waals surface area (Å²) in [5, 5.41) is 11.0. The van der Waals surface area contributed by atoms with Crippen LogP contribution < -0.4 is 10.6 Å². The molecule has 22 heavy (non-hydrogen) atoms. The molecule has 0 unspecified atom stereocenters. The van der Waals surface area contributed by atoms with Crippen LogP contribution in [0.25, 0.3) is 0 Å². The molecule has 0 atom stereocenters. The third kappa shape index (κ3) is 3.25. The number of benzene rings is 1. The van der Waals surface area contributed by atoms with E-state index in [2.05, 4.69) is 15.7 Å². The first-order valence-corrected chi connectivity index (χ1v) is 7.71. The van der Waals surface area contributed by atoms with E-state index >= 15 is 0 Å². The summed E-state index contributed by atoms with van der Waals surface area (Å²) in [7, 11) is 1.84. The Morgan fingerprint density at radius 2 is 2.14 bits per heavy atom. The maximum atomic E-state index is 12.6. The molecule has 0 saturated carbocycles. The van der Waals surface area contributed by atoms with Crippen molar-refractivity contribution in [1.82, 2.24) is 9.78 Å². The molecule has 0 saturated heterocycles. The molecule has 1 amide bonds. The van der Waals surface area contributed by atoms with Crippen molar-refractivity contribution >= 4 is 29.0 Å². The zero-order chi connectivity index (χ0) is 16.3. The maximum Gasteiger partial charge on any atom is 0.276 e. The second-order valence-electron chi connectivity index (χ2n) is 5.30. The molecule has 2 aromatic rings. The minimum atomic E-state index is -0.227. The molecule has 1 heterocycles. The molecule has 0 radical (unpaired) electrons. The third-order valence-corrected chi connectivity index (χ3v) is 3.64. The molecule has 0 aliphatic rings. The molecule has 1 aromatic heterocycles. The average molecular weight is 321 g/mol. The van der Waals surface area contributed by atoms with E-state index in [1.807, 2.05) is 32.5 Å². The van der Waals surface area contributed by atoms with E-state index in [4.69, 9.17) is 11.6 Å². The number of halogens is 1.